The molecule has 3 atom stereocenters. The third kappa shape index (κ3) is 2.95. The van der Waals surface area contributed by atoms with Crippen molar-refractivity contribution in [1.29, 1.82) is 0 Å². The highest BCUT2D eigenvalue weighted by molar-refractivity contribution is 5.76. The fraction of sp³-hybridized carbons (Fsp3) is 0.588. The molecule has 0 saturated carbocycles. The van der Waals surface area contributed by atoms with Crippen molar-refractivity contribution in [3.05, 3.63) is 30.2 Å². The molecule has 2 N–H and O–H groups in total. The second-order valence-electron chi connectivity index (χ2n) is 6.96. The van der Waals surface area contributed by atoms with Crippen LogP contribution < -0.4 is 10.6 Å². The SMILES string of the molecule is CC(NC(=O)CC1CC2CCC(C1)N2)c1nnc2ccccn12. The van der Waals surface area contributed by atoms with Crippen LogP contribution in [0.2, 0.25) is 0 Å². The molecule has 0 spiro atoms. The van der Waals surface area contributed by atoms with Gasteiger partial charge in [0.15, 0.2) is 11.5 Å². The van der Waals surface area contributed by atoms with E-state index in [4.69, 9.17) is 0 Å². The van der Waals surface area contributed by atoms with E-state index in [-0.39, 0.29) is 11.9 Å². The van der Waals surface area contributed by atoms with Gasteiger partial charge < -0.3 is 10.6 Å². The van der Waals surface area contributed by atoms with E-state index in [9.17, 15) is 4.79 Å². The minimum Gasteiger partial charge on any atom is -0.346 e. The third-order valence-corrected chi connectivity index (χ3v) is 5.15. The van der Waals surface area contributed by atoms with Crippen molar-refractivity contribution in [2.45, 2.75) is 57.2 Å². The standard InChI is InChI=1S/C17H23N5O/c1-11(17-21-20-15-4-2-3-7-22(15)17)18-16(23)10-12-8-13-5-6-14(9-12)19-13/h2-4,7,11-14,19H,5-6,8-10H2,1H3,(H,18,23). The summed E-state index contributed by atoms with van der Waals surface area (Å²) in [5.74, 6) is 1.41. The fourth-order valence-electron chi connectivity index (χ4n) is 4.12. The highest BCUT2D eigenvalue weighted by Gasteiger charge is 2.34. The lowest BCUT2D eigenvalue weighted by Gasteiger charge is -2.28. The molecule has 2 bridgehead atoms. The van der Waals surface area contributed by atoms with Crippen LogP contribution in [0.5, 0.6) is 0 Å². The molecule has 4 rings (SSSR count). The smallest absolute Gasteiger partial charge is 0.220 e. The summed E-state index contributed by atoms with van der Waals surface area (Å²) in [6.45, 7) is 1.97. The van der Waals surface area contributed by atoms with Crippen LogP contribution in [-0.4, -0.2) is 32.6 Å². The van der Waals surface area contributed by atoms with Gasteiger partial charge in [0.1, 0.15) is 0 Å². The maximum Gasteiger partial charge on any atom is 0.220 e. The minimum absolute atomic E-state index is 0.122. The van der Waals surface area contributed by atoms with E-state index >= 15 is 0 Å². The molecular weight excluding hydrogens is 290 g/mol. The summed E-state index contributed by atoms with van der Waals surface area (Å²) in [6, 6.07) is 6.91. The maximum absolute atomic E-state index is 12.4. The van der Waals surface area contributed by atoms with Crippen LogP contribution in [0, 0.1) is 5.92 Å². The van der Waals surface area contributed by atoms with Gasteiger partial charge in [-0.2, -0.15) is 0 Å². The van der Waals surface area contributed by atoms with Crippen LogP contribution in [0.3, 0.4) is 0 Å². The molecule has 2 saturated heterocycles. The van der Waals surface area contributed by atoms with E-state index in [1.807, 2.05) is 35.7 Å². The molecule has 0 aromatic carbocycles. The second-order valence-corrected chi connectivity index (χ2v) is 6.96. The van der Waals surface area contributed by atoms with Gasteiger partial charge in [-0.1, -0.05) is 6.07 Å². The molecule has 2 aromatic heterocycles. The number of amides is 1. The molecule has 6 heteroatoms. The number of fused-ring (bicyclic) bond motifs is 3. The van der Waals surface area contributed by atoms with Crippen LogP contribution in [0.25, 0.3) is 5.65 Å². The predicted molar refractivity (Wildman–Crippen MR) is 86.8 cm³/mol. The van der Waals surface area contributed by atoms with Crippen molar-refractivity contribution in [1.82, 2.24) is 25.2 Å². The summed E-state index contributed by atoms with van der Waals surface area (Å²) in [6.07, 6.45) is 7.35. The summed E-state index contributed by atoms with van der Waals surface area (Å²) in [5.41, 5.74) is 0.804. The molecule has 2 aromatic rings. The van der Waals surface area contributed by atoms with Gasteiger partial charge in [0.25, 0.3) is 0 Å². The quantitative estimate of drug-likeness (QED) is 0.903. The number of rotatable bonds is 4. The Kier molecular flexibility index (Phi) is 3.77. The molecule has 2 aliphatic heterocycles. The van der Waals surface area contributed by atoms with Crippen LogP contribution in [0.4, 0.5) is 0 Å². The first-order valence-corrected chi connectivity index (χ1v) is 8.54. The van der Waals surface area contributed by atoms with Crippen molar-refractivity contribution in [3.8, 4) is 0 Å². The molecule has 1 amide bonds. The highest BCUT2D eigenvalue weighted by Crippen LogP contribution is 2.32. The molecule has 23 heavy (non-hydrogen) atoms. The lowest BCUT2D eigenvalue weighted by atomic mass is 9.89. The fourth-order valence-corrected chi connectivity index (χ4v) is 4.12. The average molecular weight is 313 g/mol. The molecule has 0 radical (unpaired) electrons. The summed E-state index contributed by atoms with van der Waals surface area (Å²) in [5, 5.41) is 15.1. The van der Waals surface area contributed by atoms with Gasteiger partial charge in [0.2, 0.25) is 5.91 Å². The molecular formula is C17H23N5O. The Morgan fingerprint density at radius 2 is 2.13 bits per heavy atom. The van der Waals surface area contributed by atoms with Crippen LogP contribution >= 0.6 is 0 Å². The summed E-state index contributed by atoms with van der Waals surface area (Å²) >= 11 is 0. The van der Waals surface area contributed by atoms with E-state index in [0.29, 0.717) is 24.4 Å². The van der Waals surface area contributed by atoms with E-state index in [2.05, 4.69) is 20.8 Å². The van der Waals surface area contributed by atoms with E-state index in [1.165, 1.54) is 12.8 Å². The van der Waals surface area contributed by atoms with Crippen LogP contribution in [-0.2, 0) is 4.79 Å². The van der Waals surface area contributed by atoms with E-state index in [0.717, 1.165) is 24.3 Å². The molecule has 6 nitrogen and oxygen atoms in total. The minimum atomic E-state index is -0.140. The number of nitrogens with zero attached hydrogens (tertiary/aromatic N) is 3. The lowest BCUT2D eigenvalue weighted by molar-refractivity contribution is -0.123. The van der Waals surface area contributed by atoms with Crippen LogP contribution in [0.15, 0.2) is 24.4 Å². The Morgan fingerprint density at radius 1 is 1.35 bits per heavy atom. The first-order valence-electron chi connectivity index (χ1n) is 8.54. The van der Waals surface area contributed by atoms with Gasteiger partial charge in [-0.3, -0.25) is 9.20 Å². The Morgan fingerprint density at radius 3 is 2.91 bits per heavy atom. The van der Waals surface area contributed by atoms with Crippen molar-refractivity contribution >= 4 is 11.6 Å². The number of hydrogen-bond donors (Lipinski definition) is 2. The lowest BCUT2D eigenvalue weighted by Crippen LogP contribution is -2.40. The van der Waals surface area contributed by atoms with Gasteiger partial charge in [-0.15, -0.1) is 10.2 Å². The Balaban J connectivity index is 1.38. The monoisotopic (exact) mass is 313 g/mol. The van der Waals surface area contributed by atoms with Crippen molar-refractivity contribution in [3.63, 3.8) is 0 Å². The number of piperidine rings is 1. The number of carbonyl (C=O) groups excluding carboxylic acids is 1. The molecule has 122 valence electrons. The van der Waals surface area contributed by atoms with Crippen LogP contribution in [0.1, 0.15) is 50.9 Å². The molecule has 3 unspecified atom stereocenters. The molecule has 2 aliphatic rings. The zero-order valence-corrected chi connectivity index (χ0v) is 13.4. The second kappa shape index (κ2) is 5.92. The molecule has 2 fully saturated rings. The first-order chi connectivity index (χ1) is 11.2. The number of hydrogen-bond acceptors (Lipinski definition) is 4. The summed E-state index contributed by atoms with van der Waals surface area (Å²) < 4.78 is 1.93. The number of aromatic nitrogens is 3. The van der Waals surface area contributed by atoms with E-state index < -0.39 is 0 Å². The normalized spacial score (nSPS) is 28.0. The van der Waals surface area contributed by atoms with Gasteiger partial charge in [0.05, 0.1) is 6.04 Å². The largest absolute Gasteiger partial charge is 0.346 e. The van der Waals surface area contributed by atoms with Gasteiger partial charge in [-0.05, 0) is 50.7 Å². The van der Waals surface area contributed by atoms with Gasteiger partial charge in [-0.25, -0.2) is 0 Å². The Hall–Kier alpha value is -1.95. The maximum atomic E-state index is 12.4. The summed E-state index contributed by atoms with van der Waals surface area (Å²) in [4.78, 5) is 12.4. The van der Waals surface area contributed by atoms with Crippen molar-refractivity contribution in [2.75, 3.05) is 0 Å². The number of nitrogens with one attached hydrogen (secondary N) is 2. The summed E-state index contributed by atoms with van der Waals surface area (Å²) in [7, 11) is 0. The number of pyridine rings is 1. The molecule has 4 heterocycles. The zero-order valence-electron chi connectivity index (χ0n) is 13.4. The van der Waals surface area contributed by atoms with Crippen molar-refractivity contribution < 1.29 is 4.79 Å². The average Bonchev–Trinajstić information content (AvgIpc) is 3.10. The van der Waals surface area contributed by atoms with Gasteiger partial charge in [0, 0.05) is 24.7 Å². The predicted octanol–water partition coefficient (Wildman–Crippen LogP) is 1.83. The highest BCUT2D eigenvalue weighted by atomic mass is 16.1. The first kappa shape index (κ1) is 14.6. The Labute approximate surface area is 135 Å². The zero-order chi connectivity index (χ0) is 15.8. The van der Waals surface area contributed by atoms with Gasteiger partial charge >= 0.3 is 0 Å². The molecule has 0 aliphatic carbocycles. The third-order valence-electron chi connectivity index (χ3n) is 5.15. The Bertz CT molecular complexity index is 700. The van der Waals surface area contributed by atoms with E-state index in [1.54, 1.807) is 0 Å². The van der Waals surface area contributed by atoms with Crippen molar-refractivity contribution in [2.24, 2.45) is 5.92 Å². The number of carbonyl (C=O) groups is 1. The topological polar surface area (TPSA) is 71.3 Å².